The summed E-state index contributed by atoms with van der Waals surface area (Å²) in [7, 11) is 0. The lowest BCUT2D eigenvalue weighted by molar-refractivity contribution is 0.300. The number of aromatic nitrogens is 1. The third kappa shape index (κ3) is 2.94. The second-order valence-electron chi connectivity index (χ2n) is 5.90. The van der Waals surface area contributed by atoms with Gasteiger partial charge in [0, 0.05) is 5.56 Å². The molecule has 0 radical (unpaired) electrons. The van der Waals surface area contributed by atoms with Crippen LogP contribution in [-0.4, -0.2) is 11.6 Å². The Labute approximate surface area is 145 Å². The summed E-state index contributed by atoms with van der Waals surface area (Å²) in [5.74, 6) is 0.440. The molecule has 24 heavy (non-hydrogen) atoms. The summed E-state index contributed by atoms with van der Waals surface area (Å²) in [5, 5.41) is 2.91. The molecule has 124 valence electrons. The van der Waals surface area contributed by atoms with E-state index < -0.39 is 0 Å². The first-order valence-electron chi connectivity index (χ1n) is 7.91. The number of hydrogen-bond donors (Lipinski definition) is 0. The van der Waals surface area contributed by atoms with Gasteiger partial charge in [0.25, 0.3) is 0 Å². The Balaban J connectivity index is 2.14. The fourth-order valence-electron chi connectivity index (χ4n) is 3.08. The Kier molecular flexibility index (Phi) is 4.41. The second-order valence-corrected chi connectivity index (χ2v) is 6.90. The van der Waals surface area contributed by atoms with E-state index in [1.54, 1.807) is 23.5 Å². The Bertz CT molecular complexity index is 942. The number of thiazole rings is 1. The van der Waals surface area contributed by atoms with Crippen LogP contribution in [0.5, 0.6) is 0 Å². The van der Waals surface area contributed by atoms with Crippen molar-refractivity contribution in [3.63, 3.8) is 0 Å². The zero-order valence-corrected chi connectivity index (χ0v) is 15.2. The van der Waals surface area contributed by atoms with Crippen LogP contribution < -0.4 is 0 Å². The van der Waals surface area contributed by atoms with Crippen LogP contribution in [0.2, 0.25) is 0 Å². The predicted molar refractivity (Wildman–Crippen MR) is 99.9 cm³/mol. The highest BCUT2D eigenvalue weighted by molar-refractivity contribution is 7.16. The maximum atomic E-state index is 13.8. The van der Waals surface area contributed by atoms with Gasteiger partial charge in [0.15, 0.2) is 0 Å². The number of halogens is 1. The highest BCUT2D eigenvalue weighted by atomic mass is 32.1. The second kappa shape index (κ2) is 6.36. The first-order valence-corrected chi connectivity index (χ1v) is 8.72. The van der Waals surface area contributed by atoms with E-state index in [4.69, 9.17) is 4.74 Å². The quantitative estimate of drug-likeness (QED) is 0.540. The maximum Gasteiger partial charge on any atom is 0.131 e. The fraction of sp³-hybridized carbons (Fsp3) is 0.250. The van der Waals surface area contributed by atoms with E-state index in [0.29, 0.717) is 12.4 Å². The van der Waals surface area contributed by atoms with Gasteiger partial charge in [0.05, 0.1) is 17.2 Å². The average molecular weight is 341 g/mol. The minimum atomic E-state index is -0.211. The lowest BCUT2D eigenvalue weighted by Crippen LogP contribution is -1.89. The topological polar surface area (TPSA) is 22.1 Å². The number of ether oxygens (including phenoxy) is 1. The van der Waals surface area contributed by atoms with Gasteiger partial charge < -0.3 is 4.74 Å². The molecule has 0 aliphatic heterocycles. The molecule has 3 aromatic rings. The van der Waals surface area contributed by atoms with Gasteiger partial charge in [-0.05, 0) is 73.9 Å². The molecule has 3 rings (SSSR count). The van der Waals surface area contributed by atoms with Gasteiger partial charge in [0.1, 0.15) is 16.6 Å². The van der Waals surface area contributed by atoms with Crippen molar-refractivity contribution >= 4 is 27.9 Å². The predicted octanol–water partition coefficient (Wildman–Crippen LogP) is 6.03. The van der Waals surface area contributed by atoms with Crippen molar-refractivity contribution in [1.29, 1.82) is 0 Å². The summed E-state index contributed by atoms with van der Waals surface area (Å²) in [6, 6.07) is 7.27. The third-order valence-electron chi connectivity index (χ3n) is 4.02. The largest absolute Gasteiger partial charge is 0.493 e. The number of aryl methyl sites for hydroxylation is 3. The summed E-state index contributed by atoms with van der Waals surface area (Å²) in [6.07, 6.45) is 0. The van der Waals surface area contributed by atoms with E-state index >= 15 is 0 Å². The molecule has 0 atom stereocenters. The Morgan fingerprint density at radius 2 is 1.88 bits per heavy atom. The van der Waals surface area contributed by atoms with Gasteiger partial charge in [-0.1, -0.05) is 6.58 Å². The molecule has 1 heterocycles. The first-order chi connectivity index (χ1) is 11.4. The van der Waals surface area contributed by atoms with Crippen molar-refractivity contribution < 1.29 is 9.13 Å². The van der Waals surface area contributed by atoms with Gasteiger partial charge in [-0.25, -0.2) is 9.37 Å². The summed E-state index contributed by atoms with van der Waals surface area (Å²) in [6.45, 7) is 12.4. The number of rotatable bonds is 4. The van der Waals surface area contributed by atoms with E-state index in [1.807, 2.05) is 26.8 Å². The van der Waals surface area contributed by atoms with Crippen LogP contribution in [0.15, 0.2) is 30.8 Å². The molecule has 0 spiro atoms. The SMILES string of the molecule is C=C(OCC)c1sc(-c2cc(C)c3c(C)cc(F)cc3c2)nc1C. The van der Waals surface area contributed by atoms with Crippen LogP contribution in [0, 0.1) is 26.6 Å². The van der Waals surface area contributed by atoms with E-state index in [0.717, 1.165) is 43.0 Å². The molecule has 1 aromatic heterocycles. The first kappa shape index (κ1) is 16.7. The Hall–Kier alpha value is -2.20. The fourth-order valence-corrected chi connectivity index (χ4v) is 4.06. The molecule has 0 aliphatic rings. The minimum Gasteiger partial charge on any atom is -0.493 e. The van der Waals surface area contributed by atoms with Crippen LogP contribution in [0.4, 0.5) is 4.39 Å². The standard InChI is InChI=1S/C20H20FNOS/c1-6-23-14(5)19-13(4)22-20(24-19)16-7-11(2)18-12(3)8-17(21)10-15(18)9-16/h7-10H,5-6H2,1-4H3. The molecule has 0 unspecified atom stereocenters. The van der Waals surface area contributed by atoms with Gasteiger partial charge in [-0.2, -0.15) is 0 Å². The lowest BCUT2D eigenvalue weighted by atomic mass is 9.98. The number of benzene rings is 2. The number of hydrogen-bond acceptors (Lipinski definition) is 3. The minimum absolute atomic E-state index is 0.211. The molecule has 0 bridgehead atoms. The highest BCUT2D eigenvalue weighted by Gasteiger charge is 2.14. The lowest BCUT2D eigenvalue weighted by Gasteiger charge is -2.09. The molecule has 0 aliphatic carbocycles. The average Bonchev–Trinajstić information content (AvgIpc) is 2.88. The van der Waals surface area contributed by atoms with Crippen molar-refractivity contribution in [3.05, 3.63) is 58.4 Å². The maximum absolute atomic E-state index is 13.8. The van der Waals surface area contributed by atoms with Crippen molar-refractivity contribution in [2.45, 2.75) is 27.7 Å². The van der Waals surface area contributed by atoms with Crippen molar-refractivity contribution in [2.75, 3.05) is 6.61 Å². The summed E-state index contributed by atoms with van der Waals surface area (Å²) >= 11 is 1.56. The molecular formula is C20H20FNOS. The van der Waals surface area contributed by atoms with Gasteiger partial charge in [0.2, 0.25) is 0 Å². The Morgan fingerprint density at radius 3 is 2.58 bits per heavy atom. The van der Waals surface area contributed by atoms with Crippen molar-refractivity contribution in [1.82, 2.24) is 4.98 Å². The van der Waals surface area contributed by atoms with Gasteiger partial charge in [-0.3, -0.25) is 0 Å². The van der Waals surface area contributed by atoms with E-state index in [9.17, 15) is 4.39 Å². The molecule has 0 amide bonds. The van der Waals surface area contributed by atoms with Crippen LogP contribution in [0.1, 0.15) is 28.6 Å². The van der Waals surface area contributed by atoms with Crippen LogP contribution in [0.25, 0.3) is 27.1 Å². The van der Waals surface area contributed by atoms with E-state index in [2.05, 4.69) is 24.6 Å². The molecule has 0 fully saturated rings. The van der Waals surface area contributed by atoms with Crippen molar-refractivity contribution in [2.24, 2.45) is 0 Å². The summed E-state index contributed by atoms with van der Waals surface area (Å²) in [5.41, 5.74) is 3.98. The molecule has 4 heteroatoms. The molecule has 0 saturated heterocycles. The Morgan fingerprint density at radius 1 is 1.17 bits per heavy atom. The molecule has 2 aromatic carbocycles. The normalized spacial score (nSPS) is 11.0. The molecule has 0 saturated carbocycles. The summed E-state index contributed by atoms with van der Waals surface area (Å²) in [4.78, 5) is 5.62. The van der Waals surface area contributed by atoms with E-state index in [1.165, 1.54) is 0 Å². The van der Waals surface area contributed by atoms with Crippen LogP contribution >= 0.6 is 11.3 Å². The van der Waals surface area contributed by atoms with Gasteiger partial charge in [-0.15, -0.1) is 11.3 Å². The zero-order valence-electron chi connectivity index (χ0n) is 14.4. The molecule has 2 nitrogen and oxygen atoms in total. The monoisotopic (exact) mass is 341 g/mol. The van der Waals surface area contributed by atoms with Crippen LogP contribution in [-0.2, 0) is 4.74 Å². The van der Waals surface area contributed by atoms with E-state index in [-0.39, 0.29) is 5.82 Å². The highest BCUT2D eigenvalue weighted by Crippen LogP contribution is 2.35. The smallest absolute Gasteiger partial charge is 0.131 e. The number of fused-ring (bicyclic) bond motifs is 1. The summed E-state index contributed by atoms with van der Waals surface area (Å²) < 4.78 is 19.3. The third-order valence-corrected chi connectivity index (χ3v) is 5.27. The molecular weight excluding hydrogens is 321 g/mol. The van der Waals surface area contributed by atoms with Crippen molar-refractivity contribution in [3.8, 4) is 10.6 Å². The zero-order chi connectivity index (χ0) is 17.4. The molecule has 0 N–H and O–H groups in total. The van der Waals surface area contributed by atoms with Gasteiger partial charge >= 0.3 is 0 Å². The van der Waals surface area contributed by atoms with Crippen LogP contribution in [0.3, 0.4) is 0 Å². The number of nitrogens with zero attached hydrogens (tertiary/aromatic N) is 1.